The maximum Gasteiger partial charge on any atom is 0.309 e. The molecule has 7 unspecified atom stereocenters. The van der Waals surface area contributed by atoms with Gasteiger partial charge in [0.25, 0.3) is 0 Å². The Hall–Kier alpha value is -2.22. The lowest BCUT2D eigenvalue weighted by Crippen LogP contribution is -2.61. The molecule has 0 aliphatic heterocycles. The molecule has 0 aromatic rings. The fraction of sp³-hybridized carbons (Fsp3) is 0.750. The fourth-order valence-corrected chi connectivity index (χ4v) is 9.65. The van der Waals surface area contributed by atoms with Crippen molar-refractivity contribution in [1.82, 2.24) is 0 Å². The Kier molecular flexibility index (Phi) is 6.50. The van der Waals surface area contributed by atoms with Gasteiger partial charge in [0, 0.05) is 16.7 Å². The van der Waals surface area contributed by atoms with Gasteiger partial charge in [-0.3, -0.25) is 14.4 Å². The molecule has 0 bridgehead atoms. The van der Waals surface area contributed by atoms with Crippen molar-refractivity contribution in [2.75, 3.05) is 0 Å². The highest BCUT2D eigenvalue weighted by atomic mass is 16.4. The minimum atomic E-state index is -0.803. The third-order valence-corrected chi connectivity index (χ3v) is 11.5. The van der Waals surface area contributed by atoms with E-state index in [1.807, 2.05) is 39.8 Å². The molecule has 0 spiro atoms. The second-order valence-electron chi connectivity index (χ2n) is 14.1. The average molecular weight is 508 g/mol. The van der Waals surface area contributed by atoms with Gasteiger partial charge in [-0.2, -0.15) is 5.26 Å². The number of carbonyl (C=O) groups is 3. The molecule has 5 aliphatic rings. The van der Waals surface area contributed by atoms with E-state index >= 15 is 0 Å². The summed E-state index contributed by atoms with van der Waals surface area (Å²) in [7, 11) is 0. The van der Waals surface area contributed by atoms with E-state index in [2.05, 4.69) is 33.8 Å². The second kappa shape index (κ2) is 8.65. The van der Waals surface area contributed by atoms with E-state index < -0.39 is 22.2 Å². The predicted octanol–water partition coefficient (Wildman–Crippen LogP) is 6.93. The summed E-state index contributed by atoms with van der Waals surface area (Å²) in [5.41, 5.74) is -0.960. The Balaban J connectivity index is 0.00000156. The highest BCUT2D eigenvalue weighted by Gasteiger charge is 2.67. The van der Waals surface area contributed by atoms with Gasteiger partial charge in [-0.25, -0.2) is 0 Å². The van der Waals surface area contributed by atoms with Crippen LogP contribution in [0.3, 0.4) is 0 Å². The summed E-state index contributed by atoms with van der Waals surface area (Å²) in [6.45, 7) is 16.7. The molecule has 0 aromatic heterocycles. The third-order valence-electron chi connectivity index (χ3n) is 11.5. The number of allylic oxidation sites excluding steroid dienone is 4. The van der Waals surface area contributed by atoms with Gasteiger partial charge in [0.05, 0.1) is 11.0 Å². The number of rotatable bonds is 1. The van der Waals surface area contributed by atoms with Crippen LogP contribution in [0.2, 0.25) is 0 Å². The number of fused-ring (bicyclic) bond motifs is 7. The van der Waals surface area contributed by atoms with Gasteiger partial charge >= 0.3 is 5.97 Å². The highest BCUT2D eigenvalue weighted by molar-refractivity contribution is 6.04. The van der Waals surface area contributed by atoms with Crippen LogP contribution in [0.1, 0.15) is 100 Å². The molecular weight excluding hydrogens is 462 g/mol. The molecule has 3 fully saturated rings. The number of carboxylic acids is 1. The largest absolute Gasteiger partial charge is 0.481 e. The van der Waals surface area contributed by atoms with E-state index in [1.165, 1.54) is 0 Å². The zero-order valence-corrected chi connectivity index (χ0v) is 24.0. The predicted molar refractivity (Wildman–Crippen MR) is 143 cm³/mol. The lowest BCUT2D eigenvalue weighted by atomic mass is 9.38. The van der Waals surface area contributed by atoms with Crippen LogP contribution in [-0.4, -0.2) is 22.6 Å². The van der Waals surface area contributed by atoms with Gasteiger partial charge in [-0.15, -0.1) is 0 Å². The molecule has 5 heteroatoms. The van der Waals surface area contributed by atoms with Crippen LogP contribution in [0, 0.1) is 62.1 Å². The minimum Gasteiger partial charge on any atom is -0.481 e. The standard InChI is InChI=1S/C30H39NO4.C2H6/c1-26(2)11-12-30(25(34)35)10-7-18-23(19(30)15-26)20(32)13-22-28(18,5)9-8-21-27(3,4)24(33)17(16-31)14-29(21,22)6;1-2/h13-14,18-19,21,23H,7-12,15H2,1-6H3,(H,34,35);1-2H3. The summed E-state index contributed by atoms with van der Waals surface area (Å²) >= 11 is 0. The Labute approximate surface area is 222 Å². The Morgan fingerprint density at radius 3 is 2.22 bits per heavy atom. The molecule has 0 heterocycles. The monoisotopic (exact) mass is 507 g/mol. The van der Waals surface area contributed by atoms with Gasteiger partial charge < -0.3 is 5.11 Å². The molecule has 202 valence electrons. The van der Waals surface area contributed by atoms with Gasteiger partial charge in [0.1, 0.15) is 6.07 Å². The summed E-state index contributed by atoms with van der Waals surface area (Å²) < 4.78 is 0. The first-order chi connectivity index (χ1) is 17.1. The van der Waals surface area contributed by atoms with Gasteiger partial charge in [0.15, 0.2) is 11.6 Å². The second-order valence-corrected chi connectivity index (χ2v) is 14.1. The molecular formula is C32H45NO4. The molecule has 1 N–H and O–H groups in total. The molecule has 5 aliphatic carbocycles. The first kappa shape index (κ1) is 27.8. The topological polar surface area (TPSA) is 95.2 Å². The van der Waals surface area contributed by atoms with Crippen LogP contribution in [0.5, 0.6) is 0 Å². The van der Waals surface area contributed by atoms with Crippen LogP contribution in [0.4, 0.5) is 0 Å². The van der Waals surface area contributed by atoms with Crippen molar-refractivity contribution in [2.45, 2.75) is 100 Å². The first-order valence-electron chi connectivity index (χ1n) is 14.3. The molecule has 0 saturated heterocycles. The van der Waals surface area contributed by atoms with Crippen LogP contribution in [-0.2, 0) is 14.4 Å². The number of ketones is 2. The normalized spacial score (nSPS) is 43.2. The van der Waals surface area contributed by atoms with Crippen molar-refractivity contribution in [3.63, 3.8) is 0 Å². The van der Waals surface area contributed by atoms with Gasteiger partial charge in [0.2, 0.25) is 0 Å². The smallest absolute Gasteiger partial charge is 0.309 e. The van der Waals surface area contributed by atoms with Crippen molar-refractivity contribution in [1.29, 1.82) is 5.26 Å². The number of Topliss-reactive ketones (excluding diaryl/α,β-unsaturated/α-hetero) is 1. The summed E-state index contributed by atoms with van der Waals surface area (Å²) in [5, 5.41) is 20.2. The molecule has 37 heavy (non-hydrogen) atoms. The molecule has 5 nitrogen and oxygen atoms in total. The van der Waals surface area contributed by atoms with Crippen molar-refractivity contribution in [3.8, 4) is 6.07 Å². The first-order valence-corrected chi connectivity index (χ1v) is 14.3. The fourth-order valence-electron chi connectivity index (χ4n) is 9.65. The minimum absolute atomic E-state index is 0.0263. The number of aliphatic carboxylic acids is 1. The Morgan fingerprint density at radius 1 is 0.973 bits per heavy atom. The number of nitriles is 1. The van der Waals surface area contributed by atoms with Crippen LogP contribution >= 0.6 is 0 Å². The van der Waals surface area contributed by atoms with Crippen LogP contribution in [0.15, 0.2) is 23.3 Å². The van der Waals surface area contributed by atoms with Crippen molar-refractivity contribution in [2.24, 2.45) is 50.7 Å². The SMILES string of the molecule is CC.CC1(C)CCC2(C(=O)O)CCC3C(C(=O)C=C4C5(C)C=C(C#N)C(=O)C(C)(C)C5CCC43C)C2C1. The zero-order chi connectivity index (χ0) is 27.8. The third kappa shape index (κ3) is 3.64. The number of nitrogens with zero attached hydrogens (tertiary/aromatic N) is 1. The van der Waals surface area contributed by atoms with E-state index in [0.29, 0.717) is 12.8 Å². The summed E-state index contributed by atoms with van der Waals surface area (Å²) in [6, 6.07) is 2.14. The van der Waals surface area contributed by atoms with E-state index in [1.54, 1.807) is 0 Å². The summed E-state index contributed by atoms with van der Waals surface area (Å²) in [6.07, 6.45) is 9.10. The van der Waals surface area contributed by atoms with Gasteiger partial charge in [-0.1, -0.05) is 67.0 Å². The van der Waals surface area contributed by atoms with Gasteiger partial charge in [-0.05, 0) is 79.6 Å². The molecule has 7 atom stereocenters. The van der Waals surface area contributed by atoms with Crippen molar-refractivity contribution in [3.05, 3.63) is 23.3 Å². The Morgan fingerprint density at radius 2 is 1.62 bits per heavy atom. The summed E-state index contributed by atoms with van der Waals surface area (Å²) in [4.78, 5) is 39.8. The number of hydrogen-bond donors (Lipinski definition) is 1. The highest BCUT2D eigenvalue weighted by Crippen LogP contribution is 2.70. The van der Waals surface area contributed by atoms with E-state index in [9.17, 15) is 24.8 Å². The maximum atomic E-state index is 14.0. The van der Waals surface area contributed by atoms with Crippen molar-refractivity contribution < 1.29 is 19.5 Å². The van der Waals surface area contributed by atoms with E-state index in [0.717, 1.165) is 37.7 Å². The molecule has 5 rings (SSSR count). The van der Waals surface area contributed by atoms with Crippen LogP contribution in [0.25, 0.3) is 0 Å². The maximum absolute atomic E-state index is 14.0. The molecule has 0 aromatic carbocycles. The lowest BCUT2D eigenvalue weighted by Gasteiger charge is -2.64. The van der Waals surface area contributed by atoms with E-state index in [4.69, 9.17) is 0 Å². The molecule has 3 saturated carbocycles. The van der Waals surface area contributed by atoms with Crippen LogP contribution < -0.4 is 0 Å². The number of hydrogen-bond acceptors (Lipinski definition) is 4. The summed E-state index contributed by atoms with van der Waals surface area (Å²) in [5.74, 6) is -1.05. The molecule has 0 amide bonds. The lowest BCUT2D eigenvalue weighted by molar-refractivity contribution is -0.175. The Bertz CT molecular complexity index is 1140. The quantitative estimate of drug-likeness (QED) is 0.415. The molecule has 0 radical (unpaired) electrons. The average Bonchev–Trinajstić information content (AvgIpc) is 2.83. The van der Waals surface area contributed by atoms with Crippen molar-refractivity contribution >= 4 is 17.5 Å². The number of carbonyl (C=O) groups excluding carboxylic acids is 2. The number of carboxylic acid groups (broad SMARTS) is 1. The zero-order valence-electron chi connectivity index (χ0n) is 24.0. The van der Waals surface area contributed by atoms with E-state index in [-0.39, 0.29) is 51.6 Å².